The van der Waals surface area contributed by atoms with E-state index >= 15 is 0 Å². The summed E-state index contributed by atoms with van der Waals surface area (Å²) in [7, 11) is 1.31. The van der Waals surface area contributed by atoms with Crippen molar-refractivity contribution in [1.82, 2.24) is 9.55 Å². The molecule has 0 radical (unpaired) electrons. The maximum absolute atomic E-state index is 13.0. The first-order chi connectivity index (χ1) is 16.7. The van der Waals surface area contributed by atoms with Gasteiger partial charge in [-0.15, -0.1) is 0 Å². The van der Waals surface area contributed by atoms with Crippen molar-refractivity contribution in [2.45, 2.75) is 57.9 Å². The Bertz CT molecular complexity index is 1210. The van der Waals surface area contributed by atoms with E-state index in [1.165, 1.54) is 7.11 Å². The summed E-state index contributed by atoms with van der Waals surface area (Å²) in [5, 5.41) is 17.1. The standard InChI is InChI=1S/C26H32N4O5/c1-16(26(2,3)33)28-18-13-19-21(29-24(31)20-11-8-12-35-20)22(25(32)34-4)30(23(19)27-14-18)15-17-9-6-5-7-10-17/h5-7,9-10,13-14,16,20,28,33H,8,11-12,15H2,1-4H3,(H,29,31). The van der Waals surface area contributed by atoms with Crippen molar-refractivity contribution in [2.24, 2.45) is 0 Å². The number of esters is 1. The molecule has 3 N–H and O–H groups in total. The number of fused-ring (bicyclic) bond motifs is 1. The summed E-state index contributed by atoms with van der Waals surface area (Å²) in [6.07, 6.45) is 2.51. The Hall–Kier alpha value is -3.43. The lowest BCUT2D eigenvalue weighted by molar-refractivity contribution is -0.124. The van der Waals surface area contributed by atoms with E-state index in [4.69, 9.17) is 9.47 Å². The second-order valence-corrected chi connectivity index (χ2v) is 9.39. The van der Waals surface area contributed by atoms with Gasteiger partial charge in [-0.25, -0.2) is 9.78 Å². The highest BCUT2D eigenvalue weighted by atomic mass is 16.5. The number of ether oxygens (including phenoxy) is 2. The van der Waals surface area contributed by atoms with Gasteiger partial charge in [0.15, 0.2) is 5.69 Å². The minimum absolute atomic E-state index is 0.206. The Morgan fingerprint density at radius 1 is 1.31 bits per heavy atom. The van der Waals surface area contributed by atoms with Gasteiger partial charge < -0.3 is 29.8 Å². The zero-order valence-corrected chi connectivity index (χ0v) is 20.5. The van der Waals surface area contributed by atoms with Crippen LogP contribution in [0.5, 0.6) is 0 Å². The van der Waals surface area contributed by atoms with Gasteiger partial charge in [-0.2, -0.15) is 0 Å². The number of nitrogens with zero attached hydrogens (tertiary/aromatic N) is 2. The Kier molecular flexibility index (Phi) is 7.09. The fourth-order valence-electron chi connectivity index (χ4n) is 4.07. The van der Waals surface area contributed by atoms with E-state index < -0.39 is 17.7 Å². The lowest BCUT2D eigenvalue weighted by Gasteiger charge is -2.27. The Morgan fingerprint density at radius 3 is 2.69 bits per heavy atom. The summed E-state index contributed by atoms with van der Waals surface area (Å²) >= 11 is 0. The van der Waals surface area contributed by atoms with Gasteiger partial charge in [-0.05, 0) is 45.2 Å². The molecule has 0 bridgehead atoms. The number of hydrogen-bond donors (Lipinski definition) is 3. The molecule has 2 unspecified atom stereocenters. The summed E-state index contributed by atoms with van der Waals surface area (Å²) in [5.74, 6) is -0.893. The molecule has 1 fully saturated rings. The van der Waals surface area contributed by atoms with Gasteiger partial charge in [0, 0.05) is 18.5 Å². The van der Waals surface area contributed by atoms with Crippen molar-refractivity contribution in [3.63, 3.8) is 0 Å². The van der Waals surface area contributed by atoms with Crippen molar-refractivity contribution in [3.8, 4) is 0 Å². The fourth-order valence-corrected chi connectivity index (χ4v) is 4.07. The number of nitrogens with one attached hydrogen (secondary N) is 2. The molecule has 1 aliphatic heterocycles. The molecule has 1 amide bonds. The molecule has 0 aliphatic carbocycles. The molecule has 1 saturated heterocycles. The predicted molar refractivity (Wildman–Crippen MR) is 134 cm³/mol. The predicted octanol–water partition coefficient (Wildman–Crippen LogP) is 3.56. The second kappa shape index (κ2) is 10.1. The summed E-state index contributed by atoms with van der Waals surface area (Å²) in [6, 6.07) is 11.2. The second-order valence-electron chi connectivity index (χ2n) is 9.39. The van der Waals surface area contributed by atoms with Gasteiger partial charge in [0.2, 0.25) is 0 Å². The number of hydrogen-bond acceptors (Lipinski definition) is 7. The first-order valence-corrected chi connectivity index (χ1v) is 11.7. The van der Waals surface area contributed by atoms with Crippen molar-refractivity contribution >= 4 is 34.3 Å². The Morgan fingerprint density at radius 2 is 2.06 bits per heavy atom. The van der Waals surface area contributed by atoms with E-state index in [0.29, 0.717) is 42.0 Å². The lowest BCUT2D eigenvalue weighted by Crippen LogP contribution is -2.39. The van der Waals surface area contributed by atoms with Crippen molar-refractivity contribution in [3.05, 3.63) is 53.9 Å². The molecular weight excluding hydrogens is 448 g/mol. The monoisotopic (exact) mass is 480 g/mol. The average Bonchev–Trinajstić information content (AvgIpc) is 3.46. The normalized spacial score (nSPS) is 16.8. The van der Waals surface area contributed by atoms with E-state index in [2.05, 4.69) is 15.6 Å². The smallest absolute Gasteiger partial charge is 0.356 e. The highest BCUT2D eigenvalue weighted by Gasteiger charge is 2.30. The molecule has 0 saturated carbocycles. The third kappa shape index (κ3) is 5.31. The molecule has 1 aromatic carbocycles. The van der Waals surface area contributed by atoms with Gasteiger partial charge >= 0.3 is 5.97 Å². The molecule has 1 aliphatic rings. The molecule has 186 valence electrons. The third-order valence-corrected chi connectivity index (χ3v) is 6.37. The van der Waals surface area contributed by atoms with Crippen LogP contribution in [0.25, 0.3) is 11.0 Å². The zero-order valence-electron chi connectivity index (χ0n) is 20.5. The van der Waals surface area contributed by atoms with Crippen LogP contribution in [-0.2, 0) is 20.8 Å². The fraction of sp³-hybridized carbons (Fsp3) is 0.423. The molecule has 9 heteroatoms. The van der Waals surface area contributed by atoms with Gasteiger partial charge in [-0.1, -0.05) is 30.3 Å². The number of aliphatic hydroxyl groups is 1. The van der Waals surface area contributed by atoms with Crippen LogP contribution in [0.4, 0.5) is 11.4 Å². The molecular formula is C26H32N4O5. The number of rotatable bonds is 8. The molecule has 35 heavy (non-hydrogen) atoms. The Balaban J connectivity index is 1.85. The number of amides is 1. The van der Waals surface area contributed by atoms with Crippen LogP contribution < -0.4 is 10.6 Å². The van der Waals surface area contributed by atoms with Crippen LogP contribution >= 0.6 is 0 Å². The number of pyridine rings is 1. The molecule has 2 atom stereocenters. The van der Waals surface area contributed by atoms with E-state index in [-0.39, 0.29) is 17.6 Å². The zero-order chi connectivity index (χ0) is 25.2. The van der Waals surface area contributed by atoms with Crippen LogP contribution in [0, 0.1) is 0 Å². The van der Waals surface area contributed by atoms with Gasteiger partial charge in [-0.3, -0.25) is 4.79 Å². The first-order valence-electron chi connectivity index (χ1n) is 11.7. The van der Waals surface area contributed by atoms with Crippen LogP contribution in [0.3, 0.4) is 0 Å². The van der Waals surface area contributed by atoms with E-state index in [1.807, 2.05) is 43.3 Å². The molecule has 2 aromatic heterocycles. The van der Waals surface area contributed by atoms with E-state index in [1.54, 1.807) is 24.6 Å². The van der Waals surface area contributed by atoms with Crippen LogP contribution in [0.15, 0.2) is 42.6 Å². The quantitative estimate of drug-likeness (QED) is 0.422. The SMILES string of the molecule is COC(=O)c1c(NC(=O)C2CCCO2)c2cc(NC(C)C(C)(C)O)cnc2n1Cc1ccccc1. The van der Waals surface area contributed by atoms with E-state index in [9.17, 15) is 14.7 Å². The maximum atomic E-state index is 13.0. The van der Waals surface area contributed by atoms with Crippen molar-refractivity contribution < 1.29 is 24.2 Å². The summed E-state index contributed by atoms with van der Waals surface area (Å²) < 4.78 is 12.4. The number of methoxy groups -OCH3 is 1. The third-order valence-electron chi connectivity index (χ3n) is 6.37. The number of anilines is 2. The molecule has 3 heterocycles. The molecule has 4 rings (SSSR count). The first kappa shape index (κ1) is 24.7. The lowest BCUT2D eigenvalue weighted by atomic mass is 10.0. The summed E-state index contributed by atoms with van der Waals surface area (Å²) in [4.78, 5) is 30.7. The van der Waals surface area contributed by atoms with E-state index in [0.717, 1.165) is 12.0 Å². The number of carbonyl (C=O) groups is 2. The minimum Gasteiger partial charge on any atom is -0.464 e. The Labute approximate surface area is 204 Å². The molecule has 3 aromatic rings. The van der Waals surface area contributed by atoms with Crippen molar-refractivity contribution in [2.75, 3.05) is 24.4 Å². The van der Waals surface area contributed by atoms with Crippen LogP contribution in [0.2, 0.25) is 0 Å². The van der Waals surface area contributed by atoms with Crippen LogP contribution in [0.1, 0.15) is 49.7 Å². The highest BCUT2D eigenvalue weighted by molar-refractivity contribution is 6.12. The van der Waals surface area contributed by atoms with Gasteiger partial charge in [0.1, 0.15) is 11.8 Å². The number of aromatic nitrogens is 2. The van der Waals surface area contributed by atoms with Gasteiger partial charge in [0.05, 0.1) is 36.3 Å². The number of benzene rings is 1. The minimum atomic E-state index is -0.970. The highest BCUT2D eigenvalue weighted by Crippen LogP contribution is 2.34. The average molecular weight is 481 g/mol. The molecule has 9 nitrogen and oxygen atoms in total. The topological polar surface area (TPSA) is 115 Å². The summed E-state index contributed by atoms with van der Waals surface area (Å²) in [5.41, 5.74) is 1.70. The molecule has 0 spiro atoms. The number of carbonyl (C=O) groups excluding carboxylic acids is 2. The van der Waals surface area contributed by atoms with Crippen molar-refractivity contribution in [1.29, 1.82) is 0 Å². The largest absolute Gasteiger partial charge is 0.464 e. The van der Waals surface area contributed by atoms with Crippen LogP contribution in [-0.4, -0.2) is 58.0 Å². The van der Waals surface area contributed by atoms with Gasteiger partial charge in [0.25, 0.3) is 5.91 Å². The maximum Gasteiger partial charge on any atom is 0.356 e. The summed E-state index contributed by atoms with van der Waals surface area (Å²) in [6.45, 7) is 6.19.